The van der Waals surface area contributed by atoms with Crippen molar-refractivity contribution >= 4 is 49.7 Å². The summed E-state index contributed by atoms with van der Waals surface area (Å²) in [4.78, 5) is 12.9. The van der Waals surface area contributed by atoms with E-state index in [4.69, 9.17) is 16.3 Å². The standard InChI is InChI=1S/C27H25ClN2O4S/c1-3-26(34-23-13-9-19-6-4-5-7-20(19)16-23)27(31)29-21-11-14-24(15-12-21)35(32,33)30-22-10-8-18(2)25(28)17-22/h4-17,26,30H,3H2,1-2H3,(H,29,31). The molecule has 0 aromatic heterocycles. The van der Waals surface area contributed by atoms with Crippen LogP contribution in [0.25, 0.3) is 10.8 Å². The first-order chi connectivity index (χ1) is 16.7. The lowest BCUT2D eigenvalue weighted by atomic mass is 10.1. The number of carbonyl (C=O) groups is 1. The van der Waals surface area contributed by atoms with Gasteiger partial charge in [0.25, 0.3) is 15.9 Å². The average molecular weight is 509 g/mol. The quantitative estimate of drug-likeness (QED) is 0.288. The van der Waals surface area contributed by atoms with Gasteiger partial charge in [-0.05, 0) is 78.2 Å². The number of carbonyl (C=O) groups excluding carboxylic acids is 1. The van der Waals surface area contributed by atoms with Gasteiger partial charge in [0.05, 0.1) is 10.6 Å². The van der Waals surface area contributed by atoms with E-state index >= 15 is 0 Å². The Labute approximate surface area is 209 Å². The van der Waals surface area contributed by atoms with Gasteiger partial charge < -0.3 is 10.1 Å². The van der Waals surface area contributed by atoms with Crippen molar-refractivity contribution in [2.24, 2.45) is 0 Å². The second-order valence-electron chi connectivity index (χ2n) is 8.11. The predicted octanol–water partition coefficient (Wildman–Crippen LogP) is 6.40. The van der Waals surface area contributed by atoms with E-state index in [0.717, 1.165) is 16.3 Å². The molecule has 0 saturated heterocycles. The molecule has 180 valence electrons. The number of hydrogen-bond donors (Lipinski definition) is 2. The normalized spacial score (nSPS) is 12.2. The fraction of sp³-hybridized carbons (Fsp3) is 0.148. The van der Waals surface area contributed by atoms with Gasteiger partial charge in [-0.1, -0.05) is 54.9 Å². The van der Waals surface area contributed by atoms with Crippen molar-refractivity contribution < 1.29 is 17.9 Å². The zero-order valence-corrected chi connectivity index (χ0v) is 20.9. The van der Waals surface area contributed by atoms with Gasteiger partial charge in [0, 0.05) is 10.7 Å². The number of amides is 1. The molecule has 4 aromatic carbocycles. The summed E-state index contributed by atoms with van der Waals surface area (Å²) in [7, 11) is -3.81. The monoisotopic (exact) mass is 508 g/mol. The van der Waals surface area contributed by atoms with Crippen LogP contribution in [-0.2, 0) is 14.8 Å². The Kier molecular flexibility index (Phi) is 7.28. The van der Waals surface area contributed by atoms with Crippen molar-refractivity contribution in [3.05, 3.63) is 95.5 Å². The van der Waals surface area contributed by atoms with Gasteiger partial charge in [-0.15, -0.1) is 0 Å². The van der Waals surface area contributed by atoms with E-state index in [1.165, 1.54) is 24.3 Å². The van der Waals surface area contributed by atoms with E-state index in [9.17, 15) is 13.2 Å². The molecule has 4 aromatic rings. The molecule has 2 N–H and O–H groups in total. The summed E-state index contributed by atoms with van der Waals surface area (Å²) >= 11 is 6.09. The third kappa shape index (κ3) is 5.93. The minimum absolute atomic E-state index is 0.0617. The molecule has 8 heteroatoms. The number of fused-ring (bicyclic) bond motifs is 1. The van der Waals surface area contributed by atoms with E-state index in [0.29, 0.717) is 28.6 Å². The molecule has 0 fully saturated rings. The number of benzene rings is 4. The number of ether oxygens (including phenoxy) is 1. The number of nitrogens with one attached hydrogen (secondary N) is 2. The first kappa shape index (κ1) is 24.6. The molecule has 0 saturated carbocycles. The van der Waals surface area contributed by atoms with Crippen molar-refractivity contribution in [3.63, 3.8) is 0 Å². The maximum absolute atomic E-state index is 12.8. The molecule has 0 aliphatic heterocycles. The fourth-order valence-corrected chi connectivity index (χ4v) is 4.77. The minimum Gasteiger partial charge on any atom is -0.481 e. The Morgan fingerprint density at radius 2 is 1.60 bits per heavy atom. The summed E-state index contributed by atoms with van der Waals surface area (Å²) in [6, 6.07) is 24.5. The average Bonchev–Trinajstić information content (AvgIpc) is 2.85. The SMILES string of the molecule is CCC(Oc1ccc2ccccc2c1)C(=O)Nc1ccc(S(=O)(=O)Nc2ccc(C)c(Cl)c2)cc1. The fourth-order valence-electron chi connectivity index (χ4n) is 3.54. The Hall–Kier alpha value is -3.55. The molecule has 1 unspecified atom stereocenters. The van der Waals surface area contributed by atoms with Gasteiger partial charge in [-0.25, -0.2) is 8.42 Å². The summed E-state index contributed by atoms with van der Waals surface area (Å²) in [5.74, 6) is 0.290. The van der Waals surface area contributed by atoms with Gasteiger partial charge in [-0.2, -0.15) is 0 Å². The largest absolute Gasteiger partial charge is 0.481 e. The van der Waals surface area contributed by atoms with Crippen molar-refractivity contribution in [2.75, 3.05) is 10.0 Å². The first-order valence-electron chi connectivity index (χ1n) is 11.1. The van der Waals surface area contributed by atoms with Crippen LogP contribution < -0.4 is 14.8 Å². The second-order valence-corrected chi connectivity index (χ2v) is 10.2. The first-order valence-corrected chi connectivity index (χ1v) is 13.0. The molecule has 1 amide bonds. The third-order valence-electron chi connectivity index (χ3n) is 5.52. The molecule has 1 atom stereocenters. The molecular formula is C27H25ClN2O4S. The summed E-state index contributed by atoms with van der Waals surface area (Å²) in [6.45, 7) is 3.70. The van der Waals surface area contributed by atoms with Gasteiger partial charge >= 0.3 is 0 Å². The Morgan fingerprint density at radius 3 is 2.29 bits per heavy atom. The molecule has 0 aliphatic rings. The highest BCUT2D eigenvalue weighted by Crippen LogP contribution is 2.24. The van der Waals surface area contributed by atoms with Crippen LogP contribution in [0.2, 0.25) is 5.02 Å². The molecule has 0 bridgehead atoms. The van der Waals surface area contributed by atoms with Crippen LogP contribution >= 0.6 is 11.6 Å². The predicted molar refractivity (Wildman–Crippen MR) is 141 cm³/mol. The van der Waals surface area contributed by atoms with Crippen LogP contribution in [-0.4, -0.2) is 20.4 Å². The van der Waals surface area contributed by atoms with E-state index in [1.807, 2.05) is 56.3 Å². The summed E-state index contributed by atoms with van der Waals surface area (Å²) in [6.07, 6.45) is -0.235. The van der Waals surface area contributed by atoms with Crippen molar-refractivity contribution in [2.45, 2.75) is 31.3 Å². The molecule has 4 rings (SSSR count). The number of aryl methyl sites for hydroxylation is 1. The van der Waals surface area contributed by atoms with Crippen LogP contribution in [0, 0.1) is 6.92 Å². The molecule has 35 heavy (non-hydrogen) atoms. The minimum atomic E-state index is -3.81. The zero-order chi connectivity index (χ0) is 25.0. The lowest BCUT2D eigenvalue weighted by molar-refractivity contribution is -0.122. The third-order valence-corrected chi connectivity index (χ3v) is 7.32. The molecule has 0 heterocycles. The van der Waals surface area contributed by atoms with Gasteiger partial charge in [-0.3, -0.25) is 9.52 Å². The number of hydrogen-bond acceptors (Lipinski definition) is 4. The maximum atomic E-state index is 12.8. The van der Waals surface area contributed by atoms with Gasteiger partial charge in [0.2, 0.25) is 0 Å². The van der Waals surface area contributed by atoms with Gasteiger partial charge in [0.15, 0.2) is 6.10 Å². The smallest absolute Gasteiger partial charge is 0.265 e. The second kappa shape index (κ2) is 10.4. The van der Waals surface area contributed by atoms with Crippen molar-refractivity contribution in [1.82, 2.24) is 0 Å². The van der Waals surface area contributed by atoms with E-state index in [1.54, 1.807) is 18.2 Å². The van der Waals surface area contributed by atoms with Crippen LogP contribution in [0.3, 0.4) is 0 Å². The molecule has 0 spiro atoms. The highest BCUT2D eigenvalue weighted by atomic mass is 35.5. The lowest BCUT2D eigenvalue weighted by Gasteiger charge is -2.18. The summed E-state index contributed by atoms with van der Waals surface area (Å²) in [5.41, 5.74) is 1.69. The topological polar surface area (TPSA) is 84.5 Å². The lowest BCUT2D eigenvalue weighted by Crippen LogP contribution is -2.32. The number of rotatable bonds is 8. The Balaban J connectivity index is 1.42. The zero-order valence-electron chi connectivity index (χ0n) is 19.3. The molecule has 6 nitrogen and oxygen atoms in total. The highest BCUT2D eigenvalue weighted by molar-refractivity contribution is 7.92. The van der Waals surface area contributed by atoms with Crippen molar-refractivity contribution in [3.8, 4) is 5.75 Å². The molecule has 0 aliphatic carbocycles. The highest BCUT2D eigenvalue weighted by Gasteiger charge is 2.20. The van der Waals surface area contributed by atoms with Gasteiger partial charge in [0.1, 0.15) is 5.75 Å². The van der Waals surface area contributed by atoms with E-state index in [-0.39, 0.29) is 10.8 Å². The molecule has 0 radical (unpaired) electrons. The van der Waals surface area contributed by atoms with Crippen LogP contribution in [0.1, 0.15) is 18.9 Å². The number of halogens is 1. The van der Waals surface area contributed by atoms with Crippen LogP contribution in [0.4, 0.5) is 11.4 Å². The summed E-state index contributed by atoms with van der Waals surface area (Å²) < 4.78 is 33.9. The Morgan fingerprint density at radius 1 is 0.914 bits per heavy atom. The number of anilines is 2. The maximum Gasteiger partial charge on any atom is 0.265 e. The van der Waals surface area contributed by atoms with E-state index in [2.05, 4.69) is 10.0 Å². The van der Waals surface area contributed by atoms with Crippen LogP contribution in [0.15, 0.2) is 89.8 Å². The molecular weight excluding hydrogens is 484 g/mol. The van der Waals surface area contributed by atoms with E-state index < -0.39 is 16.1 Å². The Bertz CT molecular complexity index is 1470. The number of sulfonamides is 1. The summed E-state index contributed by atoms with van der Waals surface area (Å²) in [5, 5.41) is 5.38. The van der Waals surface area contributed by atoms with Crippen molar-refractivity contribution in [1.29, 1.82) is 0 Å². The van der Waals surface area contributed by atoms with Crippen LogP contribution in [0.5, 0.6) is 5.75 Å².